The van der Waals surface area contributed by atoms with E-state index >= 15 is 0 Å². The lowest BCUT2D eigenvalue weighted by molar-refractivity contribution is -0.159. The SMILES string of the molecule is O=C(O)[C@H]1CN(C(=O)[C@H]2SCCc3sccc32)CCO1. The maximum Gasteiger partial charge on any atom is 0.334 e. The fourth-order valence-electron chi connectivity index (χ4n) is 2.52. The molecule has 1 aromatic heterocycles. The number of carbonyl (C=O) groups is 2. The first-order chi connectivity index (χ1) is 9.66. The molecule has 20 heavy (non-hydrogen) atoms. The number of morpholine rings is 1. The van der Waals surface area contributed by atoms with Crippen molar-refractivity contribution >= 4 is 35.0 Å². The topological polar surface area (TPSA) is 66.8 Å². The van der Waals surface area contributed by atoms with Crippen LogP contribution >= 0.6 is 23.1 Å². The molecule has 2 aliphatic rings. The molecule has 0 aromatic carbocycles. The van der Waals surface area contributed by atoms with Crippen molar-refractivity contribution < 1.29 is 19.4 Å². The number of amides is 1. The number of nitrogens with zero attached hydrogens (tertiary/aromatic N) is 1. The number of ether oxygens (including phenoxy) is 1. The van der Waals surface area contributed by atoms with Gasteiger partial charge in [0, 0.05) is 11.4 Å². The van der Waals surface area contributed by atoms with Crippen LogP contribution in [0.5, 0.6) is 0 Å². The molecule has 1 amide bonds. The molecule has 5 nitrogen and oxygen atoms in total. The van der Waals surface area contributed by atoms with E-state index in [4.69, 9.17) is 9.84 Å². The highest BCUT2D eigenvalue weighted by atomic mass is 32.2. The van der Waals surface area contributed by atoms with Gasteiger partial charge in [-0.25, -0.2) is 4.79 Å². The molecule has 3 rings (SSSR count). The molecule has 1 fully saturated rings. The van der Waals surface area contributed by atoms with Crippen LogP contribution in [-0.2, 0) is 20.7 Å². The molecule has 1 N–H and O–H groups in total. The highest BCUT2D eigenvalue weighted by molar-refractivity contribution is 8.00. The summed E-state index contributed by atoms with van der Waals surface area (Å²) in [5.74, 6) is -0.0460. The van der Waals surface area contributed by atoms with Gasteiger partial charge in [-0.05, 0) is 29.2 Å². The summed E-state index contributed by atoms with van der Waals surface area (Å²) >= 11 is 3.34. The number of carboxylic acids is 1. The summed E-state index contributed by atoms with van der Waals surface area (Å²) in [4.78, 5) is 26.5. The number of carboxylic acid groups (broad SMARTS) is 1. The number of thioether (sulfide) groups is 1. The van der Waals surface area contributed by atoms with Crippen molar-refractivity contribution in [3.05, 3.63) is 21.9 Å². The van der Waals surface area contributed by atoms with Crippen molar-refractivity contribution in [3.63, 3.8) is 0 Å². The Balaban J connectivity index is 1.75. The minimum Gasteiger partial charge on any atom is -0.479 e. The van der Waals surface area contributed by atoms with Crippen molar-refractivity contribution in [2.45, 2.75) is 17.8 Å². The third-order valence-corrected chi connectivity index (χ3v) is 5.78. The Hall–Kier alpha value is -1.05. The summed E-state index contributed by atoms with van der Waals surface area (Å²) in [5.41, 5.74) is 1.11. The average Bonchev–Trinajstić information content (AvgIpc) is 2.95. The third kappa shape index (κ3) is 2.57. The lowest BCUT2D eigenvalue weighted by atomic mass is 10.1. The maximum atomic E-state index is 12.6. The number of aryl methyl sites for hydroxylation is 1. The summed E-state index contributed by atoms with van der Waals surface area (Å²) < 4.78 is 5.16. The molecule has 0 radical (unpaired) electrons. The molecule has 0 spiro atoms. The van der Waals surface area contributed by atoms with Crippen LogP contribution in [0.25, 0.3) is 0 Å². The quantitative estimate of drug-likeness (QED) is 0.894. The van der Waals surface area contributed by atoms with Crippen molar-refractivity contribution in [2.75, 3.05) is 25.4 Å². The van der Waals surface area contributed by atoms with Crippen molar-refractivity contribution in [1.29, 1.82) is 0 Å². The summed E-state index contributed by atoms with van der Waals surface area (Å²) in [5, 5.41) is 10.8. The van der Waals surface area contributed by atoms with E-state index in [-0.39, 0.29) is 24.3 Å². The van der Waals surface area contributed by atoms with Crippen LogP contribution in [0.4, 0.5) is 0 Å². The maximum absolute atomic E-state index is 12.6. The number of carbonyl (C=O) groups excluding carboxylic acids is 1. The predicted octanol–water partition coefficient (Wildman–Crippen LogP) is 1.39. The van der Waals surface area contributed by atoms with E-state index in [1.165, 1.54) is 4.88 Å². The first-order valence-corrected chi connectivity index (χ1v) is 8.40. The Morgan fingerprint density at radius 3 is 3.10 bits per heavy atom. The van der Waals surface area contributed by atoms with Crippen LogP contribution in [0.15, 0.2) is 11.4 Å². The standard InChI is InChI=1S/C13H15NO4S2/c15-12(14-3-4-18-9(7-14)13(16)17)11-8-1-5-19-10(8)2-6-20-11/h1,5,9,11H,2-4,6-7H2,(H,16,17)/t9-,11+/m1/s1. The van der Waals surface area contributed by atoms with Crippen LogP contribution in [0.1, 0.15) is 15.7 Å². The van der Waals surface area contributed by atoms with Gasteiger partial charge in [0.2, 0.25) is 5.91 Å². The van der Waals surface area contributed by atoms with Gasteiger partial charge in [-0.2, -0.15) is 0 Å². The molecule has 7 heteroatoms. The zero-order valence-corrected chi connectivity index (χ0v) is 12.4. The number of hydrogen-bond donors (Lipinski definition) is 1. The predicted molar refractivity (Wildman–Crippen MR) is 77.2 cm³/mol. The van der Waals surface area contributed by atoms with Crippen LogP contribution in [0, 0.1) is 0 Å². The first-order valence-electron chi connectivity index (χ1n) is 6.48. The van der Waals surface area contributed by atoms with Gasteiger partial charge in [0.05, 0.1) is 13.2 Å². The average molecular weight is 313 g/mol. The van der Waals surface area contributed by atoms with Gasteiger partial charge in [0.1, 0.15) is 5.25 Å². The van der Waals surface area contributed by atoms with Crippen molar-refractivity contribution in [2.24, 2.45) is 0 Å². The molecule has 2 aliphatic heterocycles. The van der Waals surface area contributed by atoms with Gasteiger partial charge >= 0.3 is 5.97 Å². The molecule has 1 saturated heterocycles. The Kier molecular flexibility index (Phi) is 4.00. The fourth-order valence-corrected chi connectivity index (χ4v) is 4.89. The Morgan fingerprint density at radius 1 is 1.45 bits per heavy atom. The number of thiophene rings is 1. The van der Waals surface area contributed by atoms with E-state index in [1.54, 1.807) is 28.0 Å². The van der Waals surface area contributed by atoms with Crippen LogP contribution in [0.2, 0.25) is 0 Å². The van der Waals surface area contributed by atoms with E-state index in [0.29, 0.717) is 6.54 Å². The molecular weight excluding hydrogens is 298 g/mol. The fraction of sp³-hybridized carbons (Fsp3) is 0.538. The van der Waals surface area contributed by atoms with Gasteiger partial charge in [0.25, 0.3) is 0 Å². The minimum atomic E-state index is -1.00. The van der Waals surface area contributed by atoms with E-state index in [2.05, 4.69) is 0 Å². The summed E-state index contributed by atoms with van der Waals surface area (Å²) in [6, 6.07) is 2.02. The highest BCUT2D eigenvalue weighted by Gasteiger charge is 2.35. The molecular formula is C13H15NO4S2. The lowest BCUT2D eigenvalue weighted by Gasteiger charge is -2.34. The van der Waals surface area contributed by atoms with Gasteiger partial charge in [0.15, 0.2) is 6.10 Å². The van der Waals surface area contributed by atoms with E-state index in [9.17, 15) is 9.59 Å². The van der Waals surface area contributed by atoms with Gasteiger partial charge in [-0.3, -0.25) is 4.79 Å². The molecule has 0 bridgehead atoms. The van der Waals surface area contributed by atoms with Crippen LogP contribution in [0.3, 0.4) is 0 Å². The zero-order chi connectivity index (χ0) is 14.1. The first kappa shape index (κ1) is 13.9. The van der Waals surface area contributed by atoms with Gasteiger partial charge in [-0.1, -0.05) is 0 Å². The van der Waals surface area contributed by atoms with Crippen molar-refractivity contribution in [1.82, 2.24) is 4.90 Å². The highest BCUT2D eigenvalue weighted by Crippen LogP contribution is 2.40. The second kappa shape index (κ2) is 5.75. The summed E-state index contributed by atoms with van der Waals surface area (Å²) in [7, 11) is 0. The van der Waals surface area contributed by atoms with Crippen LogP contribution < -0.4 is 0 Å². The third-order valence-electron chi connectivity index (χ3n) is 3.55. The number of hydrogen-bond acceptors (Lipinski definition) is 5. The lowest BCUT2D eigenvalue weighted by Crippen LogP contribution is -2.49. The number of fused-ring (bicyclic) bond motifs is 1. The Bertz CT molecular complexity index is 530. The monoisotopic (exact) mass is 313 g/mol. The van der Waals surface area contributed by atoms with E-state index < -0.39 is 12.1 Å². The smallest absolute Gasteiger partial charge is 0.334 e. The molecule has 2 atom stereocenters. The van der Waals surface area contributed by atoms with E-state index in [0.717, 1.165) is 17.7 Å². The summed E-state index contributed by atoms with van der Waals surface area (Å²) in [6.45, 7) is 0.903. The second-order valence-corrected chi connectivity index (χ2v) is 7.00. The Labute approximate surface area is 124 Å². The summed E-state index contributed by atoms with van der Waals surface area (Å²) in [6.07, 6.45) is 0.116. The molecule has 0 unspecified atom stereocenters. The van der Waals surface area contributed by atoms with Gasteiger partial charge in [-0.15, -0.1) is 23.1 Å². The zero-order valence-electron chi connectivity index (χ0n) is 10.8. The normalized spacial score (nSPS) is 26.1. The molecule has 1 aromatic rings. The Morgan fingerprint density at radius 2 is 2.30 bits per heavy atom. The largest absolute Gasteiger partial charge is 0.479 e. The minimum absolute atomic E-state index is 0.0175. The van der Waals surface area contributed by atoms with Crippen molar-refractivity contribution in [3.8, 4) is 0 Å². The molecule has 0 saturated carbocycles. The van der Waals surface area contributed by atoms with E-state index in [1.807, 2.05) is 11.4 Å². The molecule has 108 valence electrons. The number of rotatable bonds is 2. The molecule has 0 aliphatic carbocycles. The van der Waals surface area contributed by atoms with Gasteiger partial charge < -0.3 is 14.7 Å². The van der Waals surface area contributed by atoms with Crippen LogP contribution in [-0.4, -0.2) is 53.4 Å². The second-order valence-electron chi connectivity index (χ2n) is 4.78. The number of aliphatic carboxylic acids is 1. The molecule has 3 heterocycles.